The molecule has 1 aromatic carbocycles. The molecule has 0 fully saturated rings. The van der Waals surface area contributed by atoms with Gasteiger partial charge in [-0.2, -0.15) is 0 Å². The number of allylic oxidation sites excluding steroid dienone is 1. The van der Waals surface area contributed by atoms with Gasteiger partial charge in [0.2, 0.25) is 0 Å². The number of ether oxygens (including phenoxy) is 1. The molecule has 0 saturated heterocycles. The van der Waals surface area contributed by atoms with Crippen molar-refractivity contribution in [2.75, 3.05) is 14.2 Å². The SMILES string of the molecule is CO[C@@H]1C=C(O[Si](C)(C)C(C)(C)C)C[C@H](C)[C@H]1[C](=[W])N(C)C(=O)c1ccccc1. The van der Waals surface area contributed by atoms with Gasteiger partial charge >= 0.3 is 189 Å². The zero-order valence-electron chi connectivity index (χ0n) is 19.0. The summed E-state index contributed by atoms with van der Waals surface area (Å²) in [6.07, 6.45) is 2.94. The minimum atomic E-state index is -1.89. The minimum absolute atomic E-state index is 0.0324. The average molecular weight is 585 g/mol. The van der Waals surface area contributed by atoms with Crippen LogP contribution in [0.1, 0.15) is 44.5 Å². The first-order chi connectivity index (χ1) is 13.4. The molecule has 160 valence electrons. The second-order valence-electron chi connectivity index (χ2n) is 9.47. The van der Waals surface area contributed by atoms with Crippen LogP contribution in [0.4, 0.5) is 0 Å². The van der Waals surface area contributed by atoms with Gasteiger partial charge in [0.15, 0.2) is 0 Å². The van der Waals surface area contributed by atoms with Gasteiger partial charge in [-0.25, -0.2) is 0 Å². The molecule has 0 spiro atoms. The van der Waals surface area contributed by atoms with Gasteiger partial charge in [0.25, 0.3) is 0 Å². The third kappa shape index (κ3) is 5.56. The summed E-state index contributed by atoms with van der Waals surface area (Å²) < 4.78 is 13.6. The Morgan fingerprint density at radius 2 is 1.79 bits per heavy atom. The average Bonchev–Trinajstić information content (AvgIpc) is 2.65. The number of nitrogens with zero attached hydrogens (tertiary/aromatic N) is 1. The Morgan fingerprint density at radius 1 is 1.21 bits per heavy atom. The van der Waals surface area contributed by atoms with Crippen molar-refractivity contribution in [3.63, 3.8) is 0 Å². The number of carbonyl (C=O) groups is 1. The van der Waals surface area contributed by atoms with Crippen LogP contribution >= 0.6 is 0 Å². The van der Waals surface area contributed by atoms with Gasteiger partial charge in [-0.15, -0.1) is 0 Å². The second kappa shape index (κ2) is 9.41. The van der Waals surface area contributed by atoms with E-state index in [0.29, 0.717) is 11.5 Å². The Bertz CT molecular complexity index is 770. The first-order valence-electron chi connectivity index (χ1n) is 10.2. The summed E-state index contributed by atoms with van der Waals surface area (Å²) in [6.45, 7) is 13.6. The van der Waals surface area contributed by atoms with Crippen molar-refractivity contribution in [3.8, 4) is 0 Å². The summed E-state index contributed by atoms with van der Waals surface area (Å²) in [6, 6.07) is 9.46. The third-order valence-electron chi connectivity index (χ3n) is 6.25. The van der Waals surface area contributed by atoms with Crippen LogP contribution in [0.5, 0.6) is 0 Å². The normalized spacial score (nSPS) is 22.6. The molecule has 3 atom stereocenters. The van der Waals surface area contributed by atoms with E-state index in [4.69, 9.17) is 9.16 Å². The van der Waals surface area contributed by atoms with Crippen LogP contribution in [-0.2, 0) is 28.5 Å². The van der Waals surface area contributed by atoms with E-state index >= 15 is 0 Å². The Kier molecular flexibility index (Phi) is 7.86. The molecule has 2 rings (SSSR count). The standard InChI is InChI=1S/C23H35NO3Si.W/c1-17-14-19(27-28(7,8)23(2,3)4)15-21(26-6)20(17)16-24(5)22(25)18-12-10-9-11-13-18;/h9-13,15,17,20-21H,14H2,1-8H3;/t17-,20+,21+;/m0./s1. The number of hydrogen-bond acceptors (Lipinski definition) is 3. The molecule has 0 aliphatic heterocycles. The molecule has 29 heavy (non-hydrogen) atoms. The van der Waals surface area contributed by atoms with Gasteiger partial charge in [0, 0.05) is 0 Å². The van der Waals surface area contributed by atoms with E-state index in [2.05, 4.69) is 46.9 Å². The molecule has 1 amide bonds. The Balaban J connectivity index is 2.22. The fraction of sp³-hybridized carbons (Fsp3) is 0.565. The van der Waals surface area contributed by atoms with E-state index < -0.39 is 8.32 Å². The molecule has 0 heterocycles. The zero-order chi connectivity index (χ0) is 22.0. The molecule has 0 saturated carbocycles. The van der Waals surface area contributed by atoms with Crippen LogP contribution in [0.3, 0.4) is 0 Å². The van der Waals surface area contributed by atoms with Crippen LogP contribution in [-0.4, -0.2) is 43.4 Å². The molecule has 0 aromatic heterocycles. The van der Waals surface area contributed by atoms with E-state index in [1.807, 2.05) is 42.3 Å². The summed E-state index contributed by atoms with van der Waals surface area (Å²) in [5.74, 6) is 1.58. The first-order valence-corrected chi connectivity index (χ1v) is 14.6. The van der Waals surface area contributed by atoms with E-state index in [1.54, 1.807) is 7.11 Å². The number of hydrogen-bond donors (Lipinski definition) is 0. The topological polar surface area (TPSA) is 38.8 Å². The fourth-order valence-electron chi connectivity index (χ4n) is 3.38. The Morgan fingerprint density at radius 3 is 2.31 bits per heavy atom. The monoisotopic (exact) mass is 585 g/mol. The second-order valence-corrected chi connectivity index (χ2v) is 15.7. The van der Waals surface area contributed by atoms with E-state index in [1.165, 1.54) is 19.4 Å². The van der Waals surface area contributed by atoms with Crippen molar-refractivity contribution in [2.24, 2.45) is 11.8 Å². The van der Waals surface area contributed by atoms with Crippen molar-refractivity contribution in [1.82, 2.24) is 4.90 Å². The molecule has 4 nitrogen and oxygen atoms in total. The van der Waals surface area contributed by atoms with Crippen molar-refractivity contribution in [1.29, 1.82) is 0 Å². The van der Waals surface area contributed by atoms with Gasteiger partial charge in [0.05, 0.1) is 0 Å². The number of benzene rings is 1. The first kappa shape index (κ1) is 24.2. The molecule has 0 unspecified atom stereocenters. The predicted octanol–water partition coefficient (Wildman–Crippen LogP) is 5.01. The van der Waals surface area contributed by atoms with Crippen LogP contribution in [0.25, 0.3) is 0 Å². The molecule has 6 heteroatoms. The third-order valence-corrected chi connectivity index (χ3v) is 12.6. The Labute approximate surface area is 188 Å². The molecule has 0 radical (unpaired) electrons. The number of carbonyl (C=O) groups excluding carboxylic acids is 1. The van der Waals surface area contributed by atoms with Crippen LogP contribution in [0, 0.1) is 11.8 Å². The van der Waals surface area contributed by atoms with Crippen LogP contribution < -0.4 is 0 Å². The van der Waals surface area contributed by atoms with Gasteiger partial charge in [-0.3, -0.25) is 0 Å². The molecule has 1 aliphatic carbocycles. The molecular formula is C23H35NO3SiW. The van der Waals surface area contributed by atoms with Gasteiger partial charge < -0.3 is 0 Å². The van der Waals surface area contributed by atoms with Crippen LogP contribution in [0.2, 0.25) is 18.1 Å². The van der Waals surface area contributed by atoms with E-state index in [0.717, 1.165) is 16.2 Å². The van der Waals surface area contributed by atoms with Gasteiger partial charge in [-0.1, -0.05) is 0 Å². The summed E-state index contributed by atoms with van der Waals surface area (Å²) in [5.41, 5.74) is 0.712. The quantitative estimate of drug-likeness (QED) is 0.441. The fourth-order valence-corrected chi connectivity index (χ4v) is 6.10. The molecule has 1 aliphatic rings. The summed E-state index contributed by atoms with van der Waals surface area (Å²) >= 11 is 1.30. The van der Waals surface area contributed by atoms with E-state index in [9.17, 15) is 4.79 Å². The number of methoxy groups -OCH3 is 1. The summed E-state index contributed by atoms with van der Waals surface area (Å²) in [7, 11) is 1.74. The van der Waals surface area contributed by atoms with Crippen molar-refractivity contribution < 1.29 is 33.3 Å². The molecule has 0 bridgehead atoms. The van der Waals surface area contributed by atoms with E-state index in [-0.39, 0.29) is 23.0 Å². The maximum absolute atomic E-state index is 12.9. The molecular weight excluding hydrogens is 550 g/mol. The Hall–Kier alpha value is -1.03. The van der Waals surface area contributed by atoms with Gasteiger partial charge in [0.1, 0.15) is 0 Å². The summed E-state index contributed by atoms with van der Waals surface area (Å²) in [4.78, 5) is 14.7. The zero-order valence-corrected chi connectivity index (χ0v) is 22.9. The molecule has 1 aromatic rings. The molecule has 0 N–H and O–H groups in total. The van der Waals surface area contributed by atoms with Crippen molar-refractivity contribution in [3.05, 3.63) is 47.7 Å². The van der Waals surface area contributed by atoms with Crippen LogP contribution in [0.15, 0.2) is 42.2 Å². The number of amides is 1. The van der Waals surface area contributed by atoms with Gasteiger partial charge in [-0.05, 0) is 0 Å². The maximum atomic E-state index is 12.9. The predicted molar refractivity (Wildman–Crippen MR) is 118 cm³/mol. The summed E-state index contributed by atoms with van der Waals surface area (Å²) in [5, 5.41) is 0.158. The number of rotatable bonds is 6. The van der Waals surface area contributed by atoms with Crippen molar-refractivity contribution in [2.45, 2.75) is 58.4 Å². The van der Waals surface area contributed by atoms with Crippen molar-refractivity contribution >= 4 is 18.2 Å².